The Morgan fingerprint density at radius 1 is 1.30 bits per heavy atom. The van der Waals surface area contributed by atoms with Crippen LogP contribution in [0, 0.1) is 6.92 Å². The summed E-state index contributed by atoms with van der Waals surface area (Å²) in [6.45, 7) is 5.79. The molecule has 1 atom stereocenters. The SMILES string of the molecule is Cc1cccc(N2CCC(OCC3CCCO3)CC2)n1. The maximum absolute atomic E-state index is 6.00. The number of aromatic nitrogens is 1. The number of pyridine rings is 1. The van der Waals surface area contributed by atoms with Gasteiger partial charge in [-0.25, -0.2) is 4.98 Å². The smallest absolute Gasteiger partial charge is 0.128 e. The summed E-state index contributed by atoms with van der Waals surface area (Å²) in [4.78, 5) is 6.96. The molecule has 2 aliphatic rings. The molecule has 110 valence electrons. The molecule has 0 aliphatic carbocycles. The van der Waals surface area contributed by atoms with Crippen molar-refractivity contribution in [1.29, 1.82) is 0 Å². The zero-order valence-corrected chi connectivity index (χ0v) is 12.3. The van der Waals surface area contributed by atoms with E-state index in [9.17, 15) is 0 Å². The van der Waals surface area contributed by atoms with E-state index in [0.717, 1.165) is 57.1 Å². The van der Waals surface area contributed by atoms with Crippen LogP contribution in [0.2, 0.25) is 0 Å². The van der Waals surface area contributed by atoms with E-state index in [1.54, 1.807) is 0 Å². The Morgan fingerprint density at radius 2 is 2.15 bits per heavy atom. The Kier molecular flexibility index (Phi) is 4.53. The molecule has 3 heterocycles. The highest BCUT2D eigenvalue weighted by atomic mass is 16.5. The number of aryl methyl sites for hydroxylation is 1. The molecule has 1 aromatic heterocycles. The van der Waals surface area contributed by atoms with Crippen LogP contribution in [0.15, 0.2) is 18.2 Å². The zero-order valence-electron chi connectivity index (χ0n) is 12.3. The molecule has 3 rings (SSSR count). The number of nitrogens with zero attached hydrogens (tertiary/aromatic N) is 2. The second kappa shape index (κ2) is 6.55. The Bertz CT molecular complexity index is 424. The van der Waals surface area contributed by atoms with E-state index >= 15 is 0 Å². The number of hydrogen-bond donors (Lipinski definition) is 0. The lowest BCUT2D eigenvalue weighted by atomic mass is 10.1. The third-order valence-electron chi connectivity index (χ3n) is 4.18. The molecule has 2 aliphatic heterocycles. The van der Waals surface area contributed by atoms with Gasteiger partial charge in [-0.2, -0.15) is 0 Å². The van der Waals surface area contributed by atoms with Crippen LogP contribution in [0.25, 0.3) is 0 Å². The summed E-state index contributed by atoms with van der Waals surface area (Å²) in [5, 5.41) is 0. The fourth-order valence-corrected chi connectivity index (χ4v) is 2.98. The quantitative estimate of drug-likeness (QED) is 0.846. The Morgan fingerprint density at radius 3 is 2.85 bits per heavy atom. The van der Waals surface area contributed by atoms with Crippen molar-refractivity contribution in [3.05, 3.63) is 23.9 Å². The van der Waals surface area contributed by atoms with Gasteiger partial charge in [-0.15, -0.1) is 0 Å². The van der Waals surface area contributed by atoms with Crippen LogP contribution < -0.4 is 4.90 Å². The zero-order chi connectivity index (χ0) is 13.8. The van der Waals surface area contributed by atoms with Crippen molar-refractivity contribution in [2.75, 3.05) is 31.2 Å². The molecule has 2 saturated heterocycles. The van der Waals surface area contributed by atoms with Gasteiger partial charge in [0.1, 0.15) is 5.82 Å². The van der Waals surface area contributed by atoms with Gasteiger partial charge >= 0.3 is 0 Å². The normalized spacial score (nSPS) is 24.2. The summed E-state index contributed by atoms with van der Waals surface area (Å²) >= 11 is 0. The number of ether oxygens (including phenoxy) is 2. The van der Waals surface area contributed by atoms with Crippen molar-refractivity contribution < 1.29 is 9.47 Å². The van der Waals surface area contributed by atoms with Crippen molar-refractivity contribution >= 4 is 5.82 Å². The van der Waals surface area contributed by atoms with Crippen molar-refractivity contribution in [3.63, 3.8) is 0 Å². The summed E-state index contributed by atoms with van der Waals surface area (Å²) < 4.78 is 11.6. The third-order valence-corrected chi connectivity index (χ3v) is 4.18. The summed E-state index contributed by atoms with van der Waals surface area (Å²) in [7, 11) is 0. The van der Waals surface area contributed by atoms with E-state index in [0.29, 0.717) is 12.2 Å². The standard InChI is InChI=1S/C16H24N2O2/c1-13-4-2-6-16(17-13)18-9-7-14(8-10-18)20-12-15-5-3-11-19-15/h2,4,6,14-15H,3,5,7-12H2,1H3. The van der Waals surface area contributed by atoms with Crippen molar-refractivity contribution in [2.24, 2.45) is 0 Å². The fraction of sp³-hybridized carbons (Fsp3) is 0.688. The first-order chi connectivity index (χ1) is 9.81. The second-order valence-electron chi connectivity index (χ2n) is 5.79. The largest absolute Gasteiger partial charge is 0.376 e. The maximum atomic E-state index is 6.00. The minimum absolute atomic E-state index is 0.339. The van der Waals surface area contributed by atoms with Crippen molar-refractivity contribution in [3.8, 4) is 0 Å². The lowest BCUT2D eigenvalue weighted by Crippen LogP contribution is -2.38. The highest BCUT2D eigenvalue weighted by Gasteiger charge is 2.23. The predicted molar refractivity (Wildman–Crippen MR) is 79.1 cm³/mol. The van der Waals surface area contributed by atoms with Gasteiger partial charge in [-0.1, -0.05) is 6.07 Å². The van der Waals surface area contributed by atoms with Crippen LogP contribution in [0.4, 0.5) is 5.82 Å². The molecular weight excluding hydrogens is 252 g/mol. The van der Waals surface area contributed by atoms with Crippen molar-refractivity contribution in [1.82, 2.24) is 4.98 Å². The number of piperidine rings is 1. The summed E-state index contributed by atoms with van der Waals surface area (Å²) in [6, 6.07) is 6.22. The first kappa shape index (κ1) is 13.8. The van der Waals surface area contributed by atoms with Gasteiger partial charge in [-0.05, 0) is 44.7 Å². The molecule has 20 heavy (non-hydrogen) atoms. The highest BCUT2D eigenvalue weighted by molar-refractivity contribution is 5.39. The van der Waals surface area contributed by atoms with Gasteiger partial charge in [0.05, 0.1) is 18.8 Å². The van der Waals surface area contributed by atoms with E-state index in [2.05, 4.69) is 22.0 Å². The van der Waals surface area contributed by atoms with E-state index < -0.39 is 0 Å². The van der Waals surface area contributed by atoms with Gasteiger partial charge in [0.25, 0.3) is 0 Å². The maximum Gasteiger partial charge on any atom is 0.128 e. The van der Waals surface area contributed by atoms with Crippen LogP contribution >= 0.6 is 0 Å². The van der Waals surface area contributed by atoms with E-state index in [-0.39, 0.29) is 0 Å². The average Bonchev–Trinajstić information content (AvgIpc) is 2.99. The minimum Gasteiger partial charge on any atom is -0.376 e. The summed E-state index contributed by atoms with van der Waals surface area (Å²) in [5.74, 6) is 1.10. The third kappa shape index (κ3) is 3.49. The van der Waals surface area contributed by atoms with Crippen LogP contribution in [0.1, 0.15) is 31.4 Å². The molecule has 0 saturated carbocycles. The molecular formula is C16H24N2O2. The van der Waals surface area contributed by atoms with Gasteiger partial charge < -0.3 is 14.4 Å². The molecule has 0 amide bonds. The molecule has 4 nitrogen and oxygen atoms in total. The first-order valence-electron chi connectivity index (χ1n) is 7.73. The lowest BCUT2D eigenvalue weighted by molar-refractivity contribution is -0.0280. The molecule has 2 fully saturated rings. The van der Waals surface area contributed by atoms with Gasteiger partial charge in [0.2, 0.25) is 0 Å². The van der Waals surface area contributed by atoms with E-state index in [1.165, 1.54) is 6.42 Å². The Labute approximate surface area is 121 Å². The van der Waals surface area contributed by atoms with Crippen molar-refractivity contribution in [2.45, 2.75) is 44.8 Å². The molecule has 1 aromatic rings. The fourth-order valence-electron chi connectivity index (χ4n) is 2.98. The minimum atomic E-state index is 0.339. The molecule has 0 spiro atoms. The molecule has 0 aromatic carbocycles. The number of anilines is 1. The molecule has 4 heteroatoms. The molecule has 1 unspecified atom stereocenters. The van der Waals surface area contributed by atoms with Crippen LogP contribution in [0.3, 0.4) is 0 Å². The van der Waals surface area contributed by atoms with Gasteiger partial charge in [-0.3, -0.25) is 0 Å². The topological polar surface area (TPSA) is 34.6 Å². The van der Waals surface area contributed by atoms with E-state index in [1.807, 2.05) is 13.0 Å². The monoisotopic (exact) mass is 276 g/mol. The highest BCUT2D eigenvalue weighted by Crippen LogP contribution is 2.21. The lowest BCUT2D eigenvalue weighted by Gasteiger charge is -2.33. The first-order valence-corrected chi connectivity index (χ1v) is 7.73. The number of hydrogen-bond acceptors (Lipinski definition) is 4. The Balaban J connectivity index is 1.44. The van der Waals surface area contributed by atoms with Crippen LogP contribution in [-0.2, 0) is 9.47 Å². The molecule has 0 N–H and O–H groups in total. The number of rotatable bonds is 4. The van der Waals surface area contributed by atoms with Crippen LogP contribution in [0.5, 0.6) is 0 Å². The van der Waals surface area contributed by atoms with Crippen LogP contribution in [-0.4, -0.2) is 43.5 Å². The van der Waals surface area contributed by atoms with E-state index in [4.69, 9.17) is 9.47 Å². The molecule has 0 bridgehead atoms. The summed E-state index contributed by atoms with van der Waals surface area (Å²) in [5.41, 5.74) is 1.08. The predicted octanol–water partition coefficient (Wildman–Crippen LogP) is 2.55. The summed E-state index contributed by atoms with van der Waals surface area (Å²) in [6.07, 6.45) is 5.24. The molecule has 0 radical (unpaired) electrons. The Hall–Kier alpha value is -1.13. The second-order valence-corrected chi connectivity index (χ2v) is 5.79. The average molecular weight is 276 g/mol. The van der Waals surface area contributed by atoms with Gasteiger partial charge in [0, 0.05) is 25.4 Å². The van der Waals surface area contributed by atoms with Gasteiger partial charge in [0.15, 0.2) is 0 Å².